The lowest BCUT2D eigenvalue weighted by molar-refractivity contribution is -0.117. The monoisotopic (exact) mass is 419 g/mol. The van der Waals surface area contributed by atoms with Gasteiger partial charge in [0.05, 0.1) is 27.4 Å². The van der Waals surface area contributed by atoms with Crippen LogP contribution in [0.15, 0.2) is 46.9 Å². The third kappa shape index (κ3) is 5.02. The van der Waals surface area contributed by atoms with Crippen molar-refractivity contribution in [1.82, 2.24) is 5.32 Å². The SMILES string of the molecule is COc1cc(/C=C/C(=O)NC(C)c2ccc(Br)cc2)cc(OC)c1OC. The molecule has 138 valence electrons. The molecule has 0 radical (unpaired) electrons. The summed E-state index contributed by atoms with van der Waals surface area (Å²) in [7, 11) is 4.65. The number of hydrogen-bond donors (Lipinski definition) is 1. The van der Waals surface area contributed by atoms with Crippen LogP contribution in [0.1, 0.15) is 24.1 Å². The maximum absolute atomic E-state index is 12.2. The normalized spacial score (nSPS) is 11.9. The summed E-state index contributed by atoms with van der Waals surface area (Å²) >= 11 is 3.40. The van der Waals surface area contributed by atoms with Crippen LogP contribution in [-0.4, -0.2) is 27.2 Å². The first-order valence-electron chi connectivity index (χ1n) is 8.02. The first kappa shape index (κ1) is 19.8. The fraction of sp³-hybridized carbons (Fsp3) is 0.250. The Morgan fingerprint density at radius 3 is 2.12 bits per heavy atom. The van der Waals surface area contributed by atoms with E-state index in [2.05, 4.69) is 21.2 Å². The lowest BCUT2D eigenvalue weighted by Crippen LogP contribution is -2.24. The van der Waals surface area contributed by atoms with Gasteiger partial charge in [0.1, 0.15) is 0 Å². The van der Waals surface area contributed by atoms with Gasteiger partial charge in [-0.3, -0.25) is 4.79 Å². The fourth-order valence-corrected chi connectivity index (χ4v) is 2.73. The second-order valence-corrected chi connectivity index (χ2v) is 6.49. The molecule has 2 rings (SSSR count). The van der Waals surface area contributed by atoms with E-state index in [9.17, 15) is 4.79 Å². The molecule has 5 nitrogen and oxygen atoms in total. The Morgan fingerprint density at radius 2 is 1.62 bits per heavy atom. The highest BCUT2D eigenvalue weighted by atomic mass is 79.9. The van der Waals surface area contributed by atoms with Crippen LogP contribution < -0.4 is 19.5 Å². The number of benzene rings is 2. The van der Waals surface area contributed by atoms with E-state index < -0.39 is 0 Å². The van der Waals surface area contributed by atoms with Crippen molar-refractivity contribution in [2.75, 3.05) is 21.3 Å². The van der Waals surface area contributed by atoms with Crippen molar-refractivity contribution in [3.63, 3.8) is 0 Å². The molecule has 1 N–H and O–H groups in total. The molecule has 0 aliphatic rings. The van der Waals surface area contributed by atoms with E-state index in [0.717, 1.165) is 15.6 Å². The van der Waals surface area contributed by atoms with Crippen molar-refractivity contribution in [2.45, 2.75) is 13.0 Å². The molecule has 0 saturated heterocycles. The molecular weight excluding hydrogens is 398 g/mol. The Hall–Kier alpha value is -2.47. The van der Waals surface area contributed by atoms with E-state index in [4.69, 9.17) is 14.2 Å². The minimum absolute atomic E-state index is 0.0970. The van der Waals surface area contributed by atoms with Gasteiger partial charge in [0.25, 0.3) is 0 Å². The molecule has 0 aromatic heterocycles. The average molecular weight is 420 g/mol. The molecule has 2 aromatic rings. The van der Waals surface area contributed by atoms with Gasteiger partial charge in [-0.05, 0) is 48.4 Å². The number of carbonyl (C=O) groups excluding carboxylic acids is 1. The van der Waals surface area contributed by atoms with Crippen molar-refractivity contribution in [1.29, 1.82) is 0 Å². The molecule has 0 saturated carbocycles. The summed E-state index contributed by atoms with van der Waals surface area (Å²) in [5, 5.41) is 2.94. The molecule has 2 aromatic carbocycles. The molecule has 1 unspecified atom stereocenters. The van der Waals surface area contributed by atoms with Gasteiger partial charge in [-0.1, -0.05) is 28.1 Å². The predicted octanol–water partition coefficient (Wildman–Crippen LogP) is 4.37. The van der Waals surface area contributed by atoms with Gasteiger partial charge in [-0.15, -0.1) is 0 Å². The topological polar surface area (TPSA) is 56.8 Å². The molecule has 1 amide bonds. The largest absolute Gasteiger partial charge is 0.493 e. The highest BCUT2D eigenvalue weighted by Gasteiger charge is 2.12. The van der Waals surface area contributed by atoms with Crippen molar-refractivity contribution in [3.05, 3.63) is 58.1 Å². The Labute approximate surface area is 162 Å². The molecule has 1 atom stereocenters. The average Bonchev–Trinajstić information content (AvgIpc) is 2.65. The van der Waals surface area contributed by atoms with E-state index in [1.165, 1.54) is 6.08 Å². The van der Waals surface area contributed by atoms with Gasteiger partial charge in [-0.25, -0.2) is 0 Å². The maximum Gasteiger partial charge on any atom is 0.244 e. The maximum atomic E-state index is 12.2. The summed E-state index contributed by atoms with van der Waals surface area (Å²) in [6, 6.07) is 11.3. The standard InChI is InChI=1S/C20H22BrNO4/c1-13(15-6-8-16(21)9-7-15)22-19(23)10-5-14-11-17(24-2)20(26-4)18(12-14)25-3/h5-13H,1-4H3,(H,22,23)/b10-5+. The molecular formula is C20H22BrNO4. The van der Waals surface area contributed by atoms with Crippen molar-refractivity contribution < 1.29 is 19.0 Å². The Kier molecular flexibility index (Phi) is 7.09. The van der Waals surface area contributed by atoms with E-state index in [0.29, 0.717) is 17.2 Å². The Balaban J connectivity index is 2.11. The molecule has 0 heterocycles. The molecule has 0 aliphatic heterocycles. The zero-order valence-electron chi connectivity index (χ0n) is 15.2. The lowest BCUT2D eigenvalue weighted by atomic mass is 10.1. The summed E-state index contributed by atoms with van der Waals surface area (Å²) in [6.07, 6.45) is 3.18. The van der Waals surface area contributed by atoms with E-state index in [-0.39, 0.29) is 11.9 Å². The summed E-state index contributed by atoms with van der Waals surface area (Å²) in [5.41, 5.74) is 1.80. The molecule has 0 fully saturated rings. The summed E-state index contributed by atoms with van der Waals surface area (Å²) in [4.78, 5) is 12.2. The second-order valence-electron chi connectivity index (χ2n) is 5.57. The summed E-state index contributed by atoms with van der Waals surface area (Å²) in [6.45, 7) is 1.94. The van der Waals surface area contributed by atoms with Gasteiger partial charge in [0.15, 0.2) is 11.5 Å². The second kappa shape index (κ2) is 9.29. The minimum Gasteiger partial charge on any atom is -0.493 e. The number of hydrogen-bond acceptors (Lipinski definition) is 4. The summed E-state index contributed by atoms with van der Waals surface area (Å²) in [5.74, 6) is 1.40. The number of rotatable bonds is 7. The number of nitrogens with one attached hydrogen (secondary N) is 1. The van der Waals surface area contributed by atoms with Crippen molar-refractivity contribution in [3.8, 4) is 17.2 Å². The predicted molar refractivity (Wildman–Crippen MR) is 106 cm³/mol. The number of amides is 1. The molecule has 0 bridgehead atoms. The Morgan fingerprint density at radius 1 is 1.04 bits per heavy atom. The third-order valence-electron chi connectivity index (χ3n) is 3.84. The highest BCUT2D eigenvalue weighted by molar-refractivity contribution is 9.10. The molecule has 6 heteroatoms. The first-order chi connectivity index (χ1) is 12.5. The quantitative estimate of drug-likeness (QED) is 0.677. The van der Waals surface area contributed by atoms with Crippen LogP contribution in [0.3, 0.4) is 0 Å². The van der Waals surface area contributed by atoms with Crippen LogP contribution in [0.4, 0.5) is 0 Å². The number of methoxy groups -OCH3 is 3. The van der Waals surface area contributed by atoms with Gasteiger partial charge in [-0.2, -0.15) is 0 Å². The van der Waals surface area contributed by atoms with Crippen molar-refractivity contribution >= 4 is 27.9 Å². The van der Waals surface area contributed by atoms with E-state index >= 15 is 0 Å². The fourth-order valence-electron chi connectivity index (χ4n) is 2.47. The van der Waals surface area contributed by atoms with Gasteiger partial charge >= 0.3 is 0 Å². The number of halogens is 1. The van der Waals surface area contributed by atoms with Crippen LogP contribution in [0.25, 0.3) is 6.08 Å². The molecule has 0 aliphatic carbocycles. The Bertz CT molecular complexity index is 762. The smallest absolute Gasteiger partial charge is 0.244 e. The van der Waals surface area contributed by atoms with Gasteiger partial charge in [0.2, 0.25) is 11.7 Å². The summed E-state index contributed by atoms with van der Waals surface area (Å²) < 4.78 is 16.9. The van der Waals surface area contributed by atoms with Crippen LogP contribution in [0.2, 0.25) is 0 Å². The van der Waals surface area contributed by atoms with E-state index in [1.54, 1.807) is 39.5 Å². The third-order valence-corrected chi connectivity index (χ3v) is 4.37. The van der Waals surface area contributed by atoms with E-state index in [1.807, 2.05) is 31.2 Å². The van der Waals surface area contributed by atoms with Crippen molar-refractivity contribution in [2.24, 2.45) is 0 Å². The lowest BCUT2D eigenvalue weighted by Gasteiger charge is -2.14. The zero-order valence-corrected chi connectivity index (χ0v) is 16.8. The highest BCUT2D eigenvalue weighted by Crippen LogP contribution is 2.38. The first-order valence-corrected chi connectivity index (χ1v) is 8.81. The molecule has 26 heavy (non-hydrogen) atoms. The zero-order chi connectivity index (χ0) is 19.1. The minimum atomic E-state index is -0.186. The number of ether oxygens (including phenoxy) is 3. The van der Waals surface area contributed by atoms with Gasteiger partial charge < -0.3 is 19.5 Å². The van der Waals surface area contributed by atoms with Crippen LogP contribution in [-0.2, 0) is 4.79 Å². The number of carbonyl (C=O) groups is 1. The van der Waals surface area contributed by atoms with Crippen LogP contribution in [0, 0.1) is 0 Å². The van der Waals surface area contributed by atoms with Crippen LogP contribution >= 0.6 is 15.9 Å². The molecule has 0 spiro atoms. The van der Waals surface area contributed by atoms with Crippen LogP contribution in [0.5, 0.6) is 17.2 Å². The van der Waals surface area contributed by atoms with Gasteiger partial charge in [0, 0.05) is 10.5 Å².